The van der Waals surface area contributed by atoms with E-state index in [1.807, 2.05) is 19.1 Å². The summed E-state index contributed by atoms with van der Waals surface area (Å²) in [5.74, 6) is -5.15. The molecule has 0 N–H and O–H groups in total. The number of Topliss-reactive ketones (excluding diaryl/α,β-unsaturated/α-hetero) is 2. The number of imide groups is 1. The van der Waals surface area contributed by atoms with Gasteiger partial charge >= 0.3 is 0 Å². The zero-order valence-electron chi connectivity index (χ0n) is 19.8. The summed E-state index contributed by atoms with van der Waals surface area (Å²) >= 11 is 0. The number of aryl methyl sites for hydroxylation is 2. The summed E-state index contributed by atoms with van der Waals surface area (Å²) in [6.45, 7) is 3.45. The normalized spacial score (nSPS) is 23.6. The number of benzene rings is 3. The minimum absolute atomic E-state index is 0.154. The van der Waals surface area contributed by atoms with Crippen molar-refractivity contribution in [1.29, 1.82) is 0 Å². The van der Waals surface area contributed by atoms with Crippen molar-refractivity contribution >= 4 is 34.8 Å². The number of fused-ring (bicyclic) bond motifs is 3. The van der Waals surface area contributed by atoms with Crippen LogP contribution in [-0.2, 0) is 14.3 Å². The Morgan fingerprint density at radius 3 is 2.05 bits per heavy atom. The van der Waals surface area contributed by atoms with E-state index in [0.717, 1.165) is 10.5 Å². The van der Waals surface area contributed by atoms with Gasteiger partial charge in [0.05, 0.1) is 28.6 Å². The second kappa shape index (κ2) is 7.75. The van der Waals surface area contributed by atoms with Crippen LogP contribution in [0.4, 0.5) is 11.4 Å². The molecule has 0 saturated carbocycles. The smallest absolute Gasteiger partial charge is 0.269 e. The molecular formula is C28H20N2O7. The van der Waals surface area contributed by atoms with E-state index in [1.165, 1.54) is 30.3 Å². The average molecular weight is 496 g/mol. The van der Waals surface area contributed by atoms with Gasteiger partial charge in [0.25, 0.3) is 5.69 Å². The summed E-state index contributed by atoms with van der Waals surface area (Å²) in [7, 11) is 0. The molecule has 0 bridgehead atoms. The van der Waals surface area contributed by atoms with E-state index in [0.29, 0.717) is 11.1 Å². The summed E-state index contributed by atoms with van der Waals surface area (Å²) in [4.78, 5) is 67.1. The Morgan fingerprint density at radius 2 is 1.49 bits per heavy atom. The van der Waals surface area contributed by atoms with E-state index in [2.05, 4.69) is 0 Å². The number of rotatable bonds is 3. The average Bonchev–Trinajstić information content (AvgIpc) is 3.45. The Bertz CT molecular complexity index is 1520. The van der Waals surface area contributed by atoms with Crippen LogP contribution in [0.15, 0.2) is 66.7 Å². The van der Waals surface area contributed by atoms with Crippen LogP contribution in [0.2, 0.25) is 0 Å². The summed E-state index contributed by atoms with van der Waals surface area (Å²) in [5, 5.41) is 11.2. The first kappa shape index (κ1) is 22.9. The van der Waals surface area contributed by atoms with E-state index in [9.17, 15) is 29.3 Å². The first-order valence-electron chi connectivity index (χ1n) is 11.7. The minimum Gasteiger partial charge on any atom is -0.349 e. The van der Waals surface area contributed by atoms with Gasteiger partial charge in [0.15, 0.2) is 0 Å². The lowest BCUT2D eigenvalue weighted by Gasteiger charge is -2.27. The van der Waals surface area contributed by atoms with E-state index in [1.54, 1.807) is 31.2 Å². The number of hydrogen-bond donors (Lipinski definition) is 0. The quantitative estimate of drug-likeness (QED) is 0.233. The molecule has 2 aliphatic heterocycles. The van der Waals surface area contributed by atoms with Crippen molar-refractivity contribution < 1.29 is 28.8 Å². The third-order valence-corrected chi connectivity index (χ3v) is 7.56. The molecule has 6 rings (SSSR count). The number of non-ortho nitro benzene ring substituents is 1. The lowest BCUT2D eigenvalue weighted by atomic mass is 9.77. The summed E-state index contributed by atoms with van der Waals surface area (Å²) in [6, 6.07) is 17.3. The molecule has 9 heteroatoms. The van der Waals surface area contributed by atoms with Crippen molar-refractivity contribution in [3.05, 3.63) is 105 Å². The van der Waals surface area contributed by atoms with Gasteiger partial charge in [-0.15, -0.1) is 0 Å². The lowest BCUT2D eigenvalue weighted by Crippen LogP contribution is -2.51. The molecule has 0 unspecified atom stereocenters. The number of hydrogen-bond acceptors (Lipinski definition) is 7. The van der Waals surface area contributed by atoms with Gasteiger partial charge in [-0.2, -0.15) is 0 Å². The molecule has 2 saturated heterocycles. The van der Waals surface area contributed by atoms with E-state index < -0.39 is 51.8 Å². The molecule has 2 heterocycles. The van der Waals surface area contributed by atoms with Crippen LogP contribution in [0.5, 0.6) is 0 Å². The van der Waals surface area contributed by atoms with Crippen LogP contribution in [0.3, 0.4) is 0 Å². The standard InChI is InChI=1S/C28H20N2O7/c1-14-7-9-16(10-8-14)23-21-22(28(37-23)24(31)18-5-3-4-6-19(18)25(28)32)27(34)29(26(21)33)20-12-11-17(30(35)36)13-15(20)2/h3-13,21-23H,1-2H3/t21-,22+,23+/m1/s1. The number of nitrogens with zero attached hydrogens (tertiary/aromatic N) is 2. The number of ketones is 2. The minimum atomic E-state index is -2.17. The monoisotopic (exact) mass is 496 g/mol. The summed E-state index contributed by atoms with van der Waals surface area (Å²) in [5.41, 5.74) is -0.00671. The van der Waals surface area contributed by atoms with Crippen LogP contribution in [0.1, 0.15) is 43.5 Å². The summed E-state index contributed by atoms with van der Waals surface area (Å²) < 4.78 is 6.26. The largest absolute Gasteiger partial charge is 0.349 e. The fraction of sp³-hybridized carbons (Fsp3) is 0.214. The molecule has 37 heavy (non-hydrogen) atoms. The predicted molar refractivity (Wildman–Crippen MR) is 130 cm³/mol. The number of anilines is 1. The fourth-order valence-corrected chi connectivity index (χ4v) is 5.82. The Balaban J connectivity index is 1.53. The highest BCUT2D eigenvalue weighted by Crippen LogP contribution is 2.57. The molecule has 0 radical (unpaired) electrons. The van der Waals surface area contributed by atoms with Gasteiger partial charge in [-0.1, -0.05) is 54.1 Å². The van der Waals surface area contributed by atoms with E-state index in [-0.39, 0.29) is 22.5 Å². The Labute approximate surface area is 210 Å². The molecule has 1 spiro atoms. The van der Waals surface area contributed by atoms with Crippen molar-refractivity contribution in [2.75, 3.05) is 4.90 Å². The maximum atomic E-state index is 14.0. The van der Waals surface area contributed by atoms with Crippen molar-refractivity contribution in [1.82, 2.24) is 0 Å². The molecule has 3 aromatic carbocycles. The highest BCUT2D eigenvalue weighted by Gasteiger charge is 2.74. The van der Waals surface area contributed by atoms with Crippen molar-refractivity contribution in [2.24, 2.45) is 11.8 Å². The second-order valence-electron chi connectivity index (χ2n) is 9.63. The van der Waals surface area contributed by atoms with E-state index >= 15 is 0 Å². The SMILES string of the molecule is Cc1ccc([C@@H]2OC3(C(=O)c4ccccc4C3=O)[C@@H]3C(=O)N(c4ccc([N+](=O)[O-])cc4C)C(=O)[C@H]32)cc1. The van der Waals surface area contributed by atoms with Crippen LogP contribution in [0.25, 0.3) is 0 Å². The zero-order chi connectivity index (χ0) is 26.2. The molecule has 0 aromatic heterocycles. The maximum Gasteiger partial charge on any atom is 0.269 e. The number of carbonyl (C=O) groups excluding carboxylic acids is 4. The number of amides is 2. The highest BCUT2D eigenvalue weighted by molar-refractivity contribution is 6.37. The number of nitro benzene ring substituents is 1. The topological polar surface area (TPSA) is 124 Å². The second-order valence-corrected chi connectivity index (χ2v) is 9.63. The molecule has 3 aliphatic rings. The van der Waals surface area contributed by atoms with Gasteiger partial charge in [0.1, 0.15) is 0 Å². The molecular weight excluding hydrogens is 476 g/mol. The zero-order valence-corrected chi connectivity index (χ0v) is 19.8. The van der Waals surface area contributed by atoms with Gasteiger partial charge in [-0.05, 0) is 31.0 Å². The van der Waals surface area contributed by atoms with Crippen molar-refractivity contribution in [3.63, 3.8) is 0 Å². The van der Waals surface area contributed by atoms with Gasteiger partial charge in [-0.25, -0.2) is 4.90 Å². The van der Waals surface area contributed by atoms with Gasteiger partial charge < -0.3 is 4.74 Å². The van der Waals surface area contributed by atoms with Crippen LogP contribution in [0, 0.1) is 35.8 Å². The maximum absolute atomic E-state index is 14.0. The fourth-order valence-electron chi connectivity index (χ4n) is 5.82. The Hall–Kier alpha value is -4.50. The first-order chi connectivity index (χ1) is 17.7. The molecule has 9 nitrogen and oxygen atoms in total. The molecule has 2 fully saturated rings. The number of nitro groups is 1. The van der Waals surface area contributed by atoms with Crippen LogP contribution in [-0.4, -0.2) is 33.9 Å². The Morgan fingerprint density at radius 1 is 0.865 bits per heavy atom. The molecule has 3 atom stereocenters. The van der Waals surface area contributed by atoms with Gasteiger partial charge in [0.2, 0.25) is 29.0 Å². The van der Waals surface area contributed by atoms with E-state index in [4.69, 9.17) is 4.74 Å². The third kappa shape index (κ3) is 2.94. The van der Waals surface area contributed by atoms with Crippen molar-refractivity contribution in [3.8, 4) is 0 Å². The molecule has 184 valence electrons. The summed E-state index contributed by atoms with van der Waals surface area (Å²) in [6.07, 6.45) is -1.02. The highest BCUT2D eigenvalue weighted by atomic mass is 16.6. The predicted octanol–water partition coefficient (Wildman–Crippen LogP) is 3.91. The van der Waals surface area contributed by atoms with Crippen LogP contribution < -0.4 is 4.90 Å². The molecule has 2 amide bonds. The van der Waals surface area contributed by atoms with Gasteiger partial charge in [0, 0.05) is 23.3 Å². The molecule has 1 aliphatic carbocycles. The van der Waals surface area contributed by atoms with Gasteiger partial charge in [-0.3, -0.25) is 29.3 Å². The molecule has 3 aromatic rings. The van der Waals surface area contributed by atoms with Crippen molar-refractivity contribution in [2.45, 2.75) is 25.6 Å². The third-order valence-electron chi connectivity index (χ3n) is 7.56. The van der Waals surface area contributed by atoms with Crippen LogP contribution >= 0.6 is 0 Å². The first-order valence-corrected chi connectivity index (χ1v) is 11.7. The number of ether oxygens (including phenoxy) is 1. The number of carbonyl (C=O) groups is 4. The Kier molecular flexibility index (Phi) is 4.80. The lowest BCUT2D eigenvalue weighted by molar-refractivity contribution is -0.384.